The third-order valence-electron chi connectivity index (χ3n) is 5.53. The first-order chi connectivity index (χ1) is 14.9. The van der Waals surface area contributed by atoms with Crippen molar-refractivity contribution in [1.29, 1.82) is 0 Å². The van der Waals surface area contributed by atoms with E-state index in [1.165, 1.54) is 0 Å². The molecular formula is C24H29NO5S. The van der Waals surface area contributed by atoms with Crippen molar-refractivity contribution < 1.29 is 23.7 Å². The van der Waals surface area contributed by atoms with Gasteiger partial charge in [0.2, 0.25) is 0 Å². The van der Waals surface area contributed by atoms with Crippen molar-refractivity contribution in [2.45, 2.75) is 44.0 Å². The van der Waals surface area contributed by atoms with Crippen molar-refractivity contribution in [2.24, 2.45) is 0 Å². The highest BCUT2D eigenvalue weighted by Crippen LogP contribution is 2.34. The van der Waals surface area contributed by atoms with Gasteiger partial charge in [0.15, 0.2) is 9.84 Å². The molecule has 0 saturated heterocycles. The molecule has 0 fully saturated rings. The molecule has 31 heavy (non-hydrogen) atoms. The number of aromatic hydroxyl groups is 1. The minimum absolute atomic E-state index is 0.0926. The van der Waals surface area contributed by atoms with E-state index in [0.29, 0.717) is 24.8 Å². The summed E-state index contributed by atoms with van der Waals surface area (Å²) in [5.74, 6) is 0.0653. The van der Waals surface area contributed by atoms with Gasteiger partial charge in [-0.1, -0.05) is 37.1 Å². The quantitative estimate of drug-likeness (QED) is 0.513. The van der Waals surface area contributed by atoms with Crippen LogP contribution in [0.5, 0.6) is 5.75 Å². The highest BCUT2D eigenvalue weighted by molar-refractivity contribution is 7.92. The molecular weight excluding hydrogens is 414 g/mol. The van der Waals surface area contributed by atoms with Gasteiger partial charge in [-0.25, -0.2) is 8.42 Å². The highest BCUT2D eigenvalue weighted by atomic mass is 32.2. The molecule has 1 aromatic carbocycles. The second-order valence-corrected chi connectivity index (χ2v) is 10.0. The van der Waals surface area contributed by atoms with Gasteiger partial charge in [0.25, 0.3) is 0 Å². The van der Waals surface area contributed by atoms with Crippen LogP contribution in [0.2, 0.25) is 0 Å². The van der Waals surface area contributed by atoms with Crippen LogP contribution in [-0.4, -0.2) is 52.4 Å². The first-order valence-corrected chi connectivity index (χ1v) is 12.2. The Bertz CT molecular complexity index is 1060. The maximum absolute atomic E-state index is 12.5. The Morgan fingerprint density at radius 1 is 1.26 bits per heavy atom. The number of sulfone groups is 1. The van der Waals surface area contributed by atoms with Gasteiger partial charge in [-0.2, -0.15) is 0 Å². The number of rotatable bonds is 9. The van der Waals surface area contributed by atoms with Crippen molar-refractivity contribution in [2.75, 3.05) is 12.4 Å². The van der Waals surface area contributed by atoms with E-state index in [0.717, 1.165) is 28.8 Å². The second-order valence-electron chi connectivity index (χ2n) is 7.82. The van der Waals surface area contributed by atoms with Gasteiger partial charge in [-0.3, -0.25) is 4.98 Å². The smallest absolute Gasteiger partial charge is 0.163 e. The minimum atomic E-state index is -3.49. The fraction of sp³-hybridized carbons (Fsp3) is 0.375. The molecule has 1 aliphatic heterocycles. The number of pyridine rings is 1. The van der Waals surface area contributed by atoms with E-state index in [1.807, 2.05) is 37.3 Å². The van der Waals surface area contributed by atoms with Crippen LogP contribution in [-0.2, 0) is 9.84 Å². The van der Waals surface area contributed by atoms with Crippen molar-refractivity contribution in [3.8, 4) is 5.75 Å². The van der Waals surface area contributed by atoms with E-state index in [4.69, 9.17) is 0 Å². The molecule has 0 unspecified atom stereocenters. The molecule has 0 amide bonds. The summed E-state index contributed by atoms with van der Waals surface area (Å²) in [6.07, 6.45) is 4.75. The molecule has 6 nitrogen and oxygen atoms in total. The Balaban J connectivity index is 1.88. The maximum atomic E-state index is 12.5. The van der Waals surface area contributed by atoms with E-state index in [-0.39, 0.29) is 11.5 Å². The molecule has 0 bridgehead atoms. The number of phenols is 1. The van der Waals surface area contributed by atoms with E-state index < -0.39 is 27.8 Å². The van der Waals surface area contributed by atoms with E-state index in [1.54, 1.807) is 24.4 Å². The number of benzene rings is 1. The fourth-order valence-corrected chi connectivity index (χ4v) is 6.05. The molecule has 166 valence electrons. The molecule has 2 aromatic rings. The molecule has 3 rings (SSSR count). The zero-order valence-corrected chi connectivity index (χ0v) is 18.4. The Morgan fingerprint density at radius 2 is 2.06 bits per heavy atom. The number of allylic oxidation sites excluding steroid dienone is 1. The highest BCUT2D eigenvalue weighted by Gasteiger charge is 2.40. The first-order valence-electron chi connectivity index (χ1n) is 10.5. The number of aliphatic hydroxyl groups excluding tert-OH is 2. The molecule has 0 aliphatic carbocycles. The maximum Gasteiger partial charge on any atom is 0.163 e. The van der Waals surface area contributed by atoms with E-state index >= 15 is 0 Å². The SMILES string of the molecule is CCCC1=C([C@H](O)CC/C(=C/c2cccc(O)c2)c2ccccn2)[C@H](CO)S(=O)(=O)C1. The van der Waals surface area contributed by atoms with Crippen LogP contribution < -0.4 is 0 Å². The predicted molar refractivity (Wildman–Crippen MR) is 122 cm³/mol. The van der Waals surface area contributed by atoms with Gasteiger partial charge >= 0.3 is 0 Å². The second kappa shape index (κ2) is 10.2. The predicted octanol–water partition coefficient (Wildman–Crippen LogP) is 3.35. The average Bonchev–Trinajstić information content (AvgIpc) is 3.01. The lowest BCUT2D eigenvalue weighted by Gasteiger charge is -2.20. The van der Waals surface area contributed by atoms with Gasteiger partial charge in [-0.15, -0.1) is 0 Å². The Morgan fingerprint density at radius 3 is 2.71 bits per heavy atom. The normalized spacial score (nSPS) is 19.6. The molecule has 2 atom stereocenters. The van der Waals surface area contributed by atoms with Gasteiger partial charge in [0, 0.05) is 6.20 Å². The molecule has 2 heterocycles. The van der Waals surface area contributed by atoms with Crippen LogP contribution in [0, 0.1) is 0 Å². The summed E-state index contributed by atoms with van der Waals surface area (Å²) in [5.41, 5.74) is 3.60. The van der Waals surface area contributed by atoms with Crippen LogP contribution in [0.15, 0.2) is 59.8 Å². The van der Waals surface area contributed by atoms with E-state index in [2.05, 4.69) is 4.98 Å². The average molecular weight is 444 g/mol. The lowest BCUT2D eigenvalue weighted by atomic mass is 9.92. The fourth-order valence-electron chi connectivity index (χ4n) is 4.12. The minimum Gasteiger partial charge on any atom is -0.508 e. The van der Waals surface area contributed by atoms with E-state index in [9.17, 15) is 23.7 Å². The Kier molecular flexibility index (Phi) is 7.64. The molecule has 1 aromatic heterocycles. The number of hydrogen-bond donors (Lipinski definition) is 3. The number of nitrogens with zero attached hydrogens (tertiary/aromatic N) is 1. The van der Waals surface area contributed by atoms with Gasteiger partial charge < -0.3 is 15.3 Å². The lowest BCUT2D eigenvalue weighted by Crippen LogP contribution is -2.29. The van der Waals surface area contributed by atoms with Gasteiger partial charge in [-0.05, 0) is 66.3 Å². The van der Waals surface area contributed by atoms with Crippen LogP contribution in [0.1, 0.15) is 43.9 Å². The standard InChI is InChI=1S/C24H29NO5S/c1-2-6-19-16-31(29,30)23(15-26)24(19)22(28)11-10-18(21-9-3-4-12-25-21)13-17-7-5-8-20(27)14-17/h3-5,7-9,12-14,22-23,26-28H,2,6,10-11,15-16H2,1H3/b18-13-/t22-,23+/m1/s1. The zero-order valence-electron chi connectivity index (χ0n) is 17.6. The molecule has 0 saturated carbocycles. The van der Waals surface area contributed by atoms with Gasteiger partial charge in [0.1, 0.15) is 11.0 Å². The first kappa shape index (κ1) is 23.2. The van der Waals surface area contributed by atoms with Crippen molar-refractivity contribution in [3.05, 3.63) is 71.1 Å². The summed E-state index contributed by atoms with van der Waals surface area (Å²) >= 11 is 0. The van der Waals surface area contributed by atoms with Crippen LogP contribution in [0.25, 0.3) is 11.6 Å². The molecule has 1 aliphatic rings. The topological polar surface area (TPSA) is 108 Å². The van der Waals surface area contributed by atoms with Crippen molar-refractivity contribution >= 4 is 21.5 Å². The third-order valence-corrected chi connectivity index (χ3v) is 7.55. The summed E-state index contributed by atoms with van der Waals surface area (Å²) in [6, 6.07) is 12.4. The number of phenolic OH excluding ortho intramolecular Hbond substituents is 1. The Hall–Kier alpha value is -2.48. The van der Waals surface area contributed by atoms with Crippen LogP contribution in [0.4, 0.5) is 0 Å². The lowest BCUT2D eigenvalue weighted by molar-refractivity contribution is 0.190. The van der Waals surface area contributed by atoms with Gasteiger partial charge in [0.05, 0.1) is 24.2 Å². The molecule has 7 heteroatoms. The number of aliphatic hydroxyl groups is 2. The summed E-state index contributed by atoms with van der Waals surface area (Å²) in [7, 11) is -3.49. The number of aromatic nitrogens is 1. The summed E-state index contributed by atoms with van der Waals surface area (Å²) in [6.45, 7) is 1.45. The summed E-state index contributed by atoms with van der Waals surface area (Å²) in [5, 5.41) is 29.4. The van der Waals surface area contributed by atoms with Crippen LogP contribution >= 0.6 is 0 Å². The number of hydrogen-bond acceptors (Lipinski definition) is 6. The monoisotopic (exact) mass is 443 g/mol. The summed E-state index contributed by atoms with van der Waals surface area (Å²) in [4.78, 5) is 4.41. The molecule has 0 radical (unpaired) electrons. The zero-order chi connectivity index (χ0) is 22.4. The molecule has 3 N–H and O–H groups in total. The summed E-state index contributed by atoms with van der Waals surface area (Å²) < 4.78 is 24.9. The van der Waals surface area contributed by atoms with Crippen molar-refractivity contribution in [3.63, 3.8) is 0 Å². The largest absolute Gasteiger partial charge is 0.508 e. The van der Waals surface area contributed by atoms with Crippen molar-refractivity contribution in [1.82, 2.24) is 4.98 Å². The molecule has 0 spiro atoms. The Labute approximate surface area is 183 Å². The third kappa shape index (κ3) is 5.61. The van der Waals surface area contributed by atoms with Crippen LogP contribution in [0.3, 0.4) is 0 Å².